The van der Waals surface area contributed by atoms with Gasteiger partial charge in [-0.05, 0) is 61.1 Å². The fourth-order valence-electron chi connectivity index (χ4n) is 4.30. The number of fused-ring (bicyclic) bond motifs is 1. The molecule has 33 heavy (non-hydrogen) atoms. The van der Waals surface area contributed by atoms with E-state index in [0.29, 0.717) is 24.5 Å². The van der Waals surface area contributed by atoms with Gasteiger partial charge in [0.25, 0.3) is 5.91 Å². The molecule has 0 unspecified atom stereocenters. The van der Waals surface area contributed by atoms with E-state index in [1.54, 1.807) is 6.07 Å². The minimum atomic E-state index is -3.84. The molecule has 1 saturated carbocycles. The average molecular weight is 475 g/mol. The van der Waals surface area contributed by atoms with Crippen LogP contribution in [0.5, 0.6) is 17.2 Å². The van der Waals surface area contributed by atoms with Crippen molar-refractivity contribution in [2.24, 2.45) is 5.92 Å². The highest BCUT2D eigenvalue weighted by atomic mass is 32.2. The monoisotopic (exact) mass is 474 g/mol. The summed E-state index contributed by atoms with van der Waals surface area (Å²) >= 11 is 0. The van der Waals surface area contributed by atoms with Gasteiger partial charge >= 0.3 is 0 Å². The number of sulfonamides is 1. The topological polar surface area (TPSA) is 103 Å². The molecule has 0 saturated heterocycles. The maximum Gasteiger partial charge on any atom is 0.251 e. The molecule has 1 aliphatic heterocycles. The third kappa shape index (κ3) is 5.42. The molecule has 0 spiro atoms. The van der Waals surface area contributed by atoms with Crippen molar-refractivity contribution >= 4 is 15.9 Å². The fourth-order valence-corrected chi connectivity index (χ4v) is 5.87. The number of rotatable bonds is 8. The van der Waals surface area contributed by atoms with Crippen LogP contribution in [-0.2, 0) is 16.4 Å². The number of methoxy groups -OCH3 is 1. The number of benzene rings is 2. The van der Waals surface area contributed by atoms with Gasteiger partial charge < -0.3 is 19.5 Å². The first-order chi connectivity index (χ1) is 15.9. The largest absolute Gasteiger partial charge is 0.495 e. The van der Waals surface area contributed by atoms with Crippen molar-refractivity contribution in [3.05, 3.63) is 47.5 Å². The molecule has 2 atom stereocenters. The summed E-state index contributed by atoms with van der Waals surface area (Å²) < 4.78 is 45.1. The number of hydrogen-bond acceptors (Lipinski definition) is 6. The highest BCUT2D eigenvalue weighted by molar-refractivity contribution is 7.89. The summed E-state index contributed by atoms with van der Waals surface area (Å²) in [4.78, 5) is 12.7. The van der Waals surface area contributed by atoms with Gasteiger partial charge in [-0.2, -0.15) is 0 Å². The summed E-state index contributed by atoms with van der Waals surface area (Å²) in [6.45, 7) is 2.67. The number of hydrogen-bond donors (Lipinski definition) is 2. The molecule has 2 N–H and O–H groups in total. The zero-order valence-electron chi connectivity index (χ0n) is 18.9. The number of nitrogens with one attached hydrogen (secondary N) is 2. The van der Waals surface area contributed by atoms with Gasteiger partial charge in [0.1, 0.15) is 10.6 Å². The van der Waals surface area contributed by atoms with E-state index in [1.165, 1.54) is 19.2 Å². The van der Waals surface area contributed by atoms with Crippen LogP contribution in [0.3, 0.4) is 0 Å². The molecule has 1 amide bonds. The van der Waals surface area contributed by atoms with E-state index in [0.717, 1.165) is 31.2 Å². The number of carbonyl (C=O) groups excluding carboxylic acids is 1. The van der Waals surface area contributed by atoms with Crippen molar-refractivity contribution in [1.82, 2.24) is 10.0 Å². The SMILES string of the molecule is COc1ccc(C(=O)NCCc2ccc3c(c2)OCO3)cc1S(=O)(=O)N[C@@H]1CCCC[C@@H]1C. The molecule has 1 aliphatic carbocycles. The van der Waals surface area contributed by atoms with Gasteiger partial charge in [0.2, 0.25) is 16.8 Å². The Labute approximate surface area is 194 Å². The zero-order valence-corrected chi connectivity index (χ0v) is 19.7. The van der Waals surface area contributed by atoms with Crippen molar-refractivity contribution < 1.29 is 27.4 Å². The van der Waals surface area contributed by atoms with Crippen LogP contribution in [0.25, 0.3) is 0 Å². The van der Waals surface area contributed by atoms with Crippen LogP contribution < -0.4 is 24.2 Å². The Morgan fingerprint density at radius 2 is 1.88 bits per heavy atom. The third-order valence-corrected chi connectivity index (χ3v) is 7.78. The van der Waals surface area contributed by atoms with Crippen LogP contribution in [0.15, 0.2) is 41.3 Å². The number of carbonyl (C=O) groups is 1. The normalized spacial score (nSPS) is 19.8. The Morgan fingerprint density at radius 1 is 1.09 bits per heavy atom. The molecule has 2 aromatic rings. The van der Waals surface area contributed by atoms with E-state index in [9.17, 15) is 13.2 Å². The zero-order chi connectivity index (χ0) is 23.4. The lowest BCUT2D eigenvalue weighted by Gasteiger charge is -2.29. The lowest BCUT2D eigenvalue weighted by molar-refractivity contribution is 0.0954. The van der Waals surface area contributed by atoms with Crippen molar-refractivity contribution in [3.63, 3.8) is 0 Å². The van der Waals surface area contributed by atoms with Crippen LogP contribution in [-0.4, -0.2) is 40.8 Å². The highest BCUT2D eigenvalue weighted by Gasteiger charge is 2.29. The lowest BCUT2D eigenvalue weighted by Crippen LogP contribution is -2.41. The van der Waals surface area contributed by atoms with E-state index in [4.69, 9.17) is 14.2 Å². The Bertz CT molecular complexity index is 1120. The van der Waals surface area contributed by atoms with E-state index in [-0.39, 0.29) is 40.9 Å². The van der Waals surface area contributed by atoms with Crippen molar-refractivity contribution in [1.29, 1.82) is 0 Å². The van der Waals surface area contributed by atoms with Crippen LogP contribution in [0, 0.1) is 5.92 Å². The summed E-state index contributed by atoms with van der Waals surface area (Å²) in [6.07, 6.45) is 4.52. The van der Waals surface area contributed by atoms with Crippen molar-refractivity contribution in [2.45, 2.75) is 50.0 Å². The average Bonchev–Trinajstić information content (AvgIpc) is 3.28. The van der Waals surface area contributed by atoms with Crippen molar-refractivity contribution in [3.8, 4) is 17.2 Å². The third-order valence-electron chi connectivity index (χ3n) is 6.27. The molecule has 1 heterocycles. The molecule has 0 radical (unpaired) electrons. The summed E-state index contributed by atoms with van der Waals surface area (Å²) in [5.41, 5.74) is 1.27. The predicted octanol–water partition coefficient (Wildman–Crippen LogP) is 3.25. The molecular weight excluding hydrogens is 444 g/mol. The lowest BCUT2D eigenvalue weighted by atomic mass is 9.87. The van der Waals surface area contributed by atoms with Gasteiger partial charge in [0.05, 0.1) is 7.11 Å². The van der Waals surface area contributed by atoms with E-state index >= 15 is 0 Å². The van der Waals surface area contributed by atoms with E-state index in [1.807, 2.05) is 18.2 Å². The molecule has 4 rings (SSSR count). The molecule has 1 fully saturated rings. The summed E-state index contributed by atoms with van der Waals surface area (Å²) in [7, 11) is -2.42. The predicted molar refractivity (Wildman–Crippen MR) is 123 cm³/mol. The second kappa shape index (κ2) is 10.0. The fraction of sp³-hybridized carbons (Fsp3) is 0.458. The molecular formula is C24H30N2O6S. The molecule has 0 bridgehead atoms. The van der Waals surface area contributed by atoms with Gasteiger partial charge in [0, 0.05) is 18.2 Å². The van der Waals surface area contributed by atoms with Gasteiger partial charge in [-0.15, -0.1) is 0 Å². The standard InChI is InChI=1S/C24H30N2O6S/c1-16-5-3-4-6-19(16)26-33(28,29)23-14-18(8-10-21(23)30-2)24(27)25-12-11-17-7-9-20-22(13-17)32-15-31-20/h7-10,13-14,16,19,26H,3-6,11-12,15H2,1-2H3,(H,25,27)/t16-,19+/m0/s1. The van der Waals surface area contributed by atoms with E-state index in [2.05, 4.69) is 17.0 Å². The molecule has 0 aromatic heterocycles. The van der Waals surface area contributed by atoms with Gasteiger partial charge in [0.15, 0.2) is 11.5 Å². The Balaban J connectivity index is 1.43. The van der Waals surface area contributed by atoms with Gasteiger partial charge in [-0.3, -0.25) is 4.79 Å². The molecule has 178 valence electrons. The summed E-state index contributed by atoms with van der Waals surface area (Å²) in [5, 5.41) is 2.85. The number of amides is 1. The maximum atomic E-state index is 13.1. The van der Waals surface area contributed by atoms with E-state index < -0.39 is 10.0 Å². The first kappa shape index (κ1) is 23.4. The Hall–Kier alpha value is -2.78. The van der Waals surface area contributed by atoms with Crippen LogP contribution in [0.1, 0.15) is 48.5 Å². The van der Waals surface area contributed by atoms with Crippen LogP contribution >= 0.6 is 0 Å². The number of ether oxygens (including phenoxy) is 3. The Morgan fingerprint density at radius 3 is 2.67 bits per heavy atom. The molecule has 9 heteroatoms. The first-order valence-electron chi connectivity index (χ1n) is 11.2. The summed E-state index contributed by atoms with van der Waals surface area (Å²) in [5.74, 6) is 1.54. The quantitative estimate of drug-likeness (QED) is 0.609. The van der Waals surface area contributed by atoms with Crippen LogP contribution in [0.4, 0.5) is 0 Å². The van der Waals surface area contributed by atoms with Crippen molar-refractivity contribution in [2.75, 3.05) is 20.4 Å². The minimum absolute atomic E-state index is 0.0220. The van der Waals surface area contributed by atoms with Crippen LogP contribution in [0.2, 0.25) is 0 Å². The Kier molecular flexibility index (Phi) is 7.09. The highest BCUT2D eigenvalue weighted by Crippen LogP contribution is 2.32. The second-order valence-corrected chi connectivity index (χ2v) is 10.2. The van der Waals surface area contributed by atoms with Gasteiger partial charge in [-0.25, -0.2) is 13.1 Å². The van der Waals surface area contributed by atoms with Gasteiger partial charge in [-0.1, -0.05) is 25.8 Å². The summed E-state index contributed by atoms with van der Waals surface area (Å²) in [6, 6.07) is 10.0. The second-order valence-electron chi connectivity index (χ2n) is 8.55. The first-order valence-corrected chi connectivity index (χ1v) is 12.7. The molecule has 8 nitrogen and oxygen atoms in total. The molecule has 2 aliphatic rings. The maximum absolute atomic E-state index is 13.1. The molecule has 2 aromatic carbocycles. The minimum Gasteiger partial charge on any atom is -0.495 e. The smallest absolute Gasteiger partial charge is 0.251 e.